The number of H-pyrrole nitrogens is 1. The van der Waals surface area contributed by atoms with E-state index in [-0.39, 0.29) is 18.4 Å². The number of fused-ring (bicyclic) bond motifs is 3. The van der Waals surface area contributed by atoms with Gasteiger partial charge in [-0.3, -0.25) is 10.1 Å². The van der Waals surface area contributed by atoms with Gasteiger partial charge in [-0.05, 0) is 41.8 Å². The Balaban J connectivity index is 1.36. The van der Waals surface area contributed by atoms with Gasteiger partial charge in [-0.15, -0.1) is 0 Å². The molecule has 0 aliphatic carbocycles. The lowest BCUT2D eigenvalue weighted by molar-refractivity contribution is 0.0997. The number of carbonyl (C=O) groups excluding carboxylic acids is 2. The lowest BCUT2D eigenvalue weighted by atomic mass is 9.96. The highest BCUT2D eigenvalue weighted by Gasteiger charge is 2.21. The fourth-order valence-corrected chi connectivity index (χ4v) is 5.09. The third kappa shape index (κ3) is 4.94. The Hall–Kier alpha value is -4.89. The third-order valence-corrected chi connectivity index (χ3v) is 7.10. The van der Waals surface area contributed by atoms with Crippen LogP contribution in [0.15, 0.2) is 72.9 Å². The minimum atomic E-state index is -0.629. The van der Waals surface area contributed by atoms with E-state index in [1.54, 1.807) is 6.20 Å². The van der Waals surface area contributed by atoms with Crippen LogP contribution in [0.5, 0.6) is 5.75 Å². The van der Waals surface area contributed by atoms with Gasteiger partial charge in [0.25, 0.3) is 5.91 Å². The average molecular weight is 537 g/mol. The van der Waals surface area contributed by atoms with Crippen LogP contribution in [0.25, 0.3) is 32.9 Å². The lowest BCUT2D eigenvalue weighted by Gasteiger charge is -2.14. The number of hydrogen-bond acceptors (Lipinski definition) is 6. The third-order valence-electron chi connectivity index (χ3n) is 7.10. The van der Waals surface area contributed by atoms with E-state index in [2.05, 4.69) is 15.3 Å². The molecular formula is C31H28N4O5. The predicted octanol–water partition coefficient (Wildman–Crippen LogP) is 5.71. The van der Waals surface area contributed by atoms with E-state index in [1.807, 2.05) is 73.7 Å². The van der Waals surface area contributed by atoms with Gasteiger partial charge < -0.3 is 24.9 Å². The van der Waals surface area contributed by atoms with Crippen molar-refractivity contribution in [3.63, 3.8) is 0 Å². The van der Waals surface area contributed by atoms with E-state index in [0.717, 1.165) is 45.0 Å². The highest BCUT2D eigenvalue weighted by Crippen LogP contribution is 2.39. The summed E-state index contributed by atoms with van der Waals surface area (Å²) in [6.07, 6.45) is 1.95. The number of ether oxygens (including phenoxy) is 3. The number of carbonyl (C=O) groups is 2. The van der Waals surface area contributed by atoms with Crippen LogP contribution < -0.4 is 15.8 Å². The van der Waals surface area contributed by atoms with E-state index < -0.39 is 12.0 Å². The van der Waals surface area contributed by atoms with Gasteiger partial charge in [-0.25, -0.2) is 9.78 Å². The number of amides is 2. The molecule has 2 aromatic heterocycles. The first kappa shape index (κ1) is 25.4. The molecule has 40 heavy (non-hydrogen) atoms. The molecule has 0 spiro atoms. The molecule has 1 unspecified atom stereocenters. The topological polar surface area (TPSA) is 129 Å². The molecule has 2 amide bonds. The van der Waals surface area contributed by atoms with Crippen LogP contribution in [0.4, 0.5) is 10.5 Å². The Bertz CT molecular complexity index is 1720. The highest BCUT2D eigenvalue weighted by molar-refractivity contribution is 6.19. The maximum atomic E-state index is 12.6. The van der Waals surface area contributed by atoms with Gasteiger partial charge >= 0.3 is 6.09 Å². The second kappa shape index (κ2) is 10.7. The van der Waals surface area contributed by atoms with Gasteiger partial charge in [-0.1, -0.05) is 42.5 Å². The molecule has 4 N–H and O–H groups in total. The van der Waals surface area contributed by atoms with Crippen LogP contribution in [-0.4, -0.2) is 41.3 Å². The molecule has 1 fully saturated rings. The number of pyridine rings is 1. The smallest absolute Gasteiger partial charge is 0.411 e. The number of anilines is 1. The van der Waals surface area contributed by atoms with Crippen molar-refractivity contribution in [2.75, 3.05) is 18.5 Å². The number of primary amides is 1. The monoisotopic (exact) mass is 536 g/mol. The van der Waals surface area contributed by atoms with Gasteiger partial charge in [0.2, 0.25) is 0 Å². The molecule has 3 heterocycles. The van der Waals surface area contributed by atoms with Crippen LogP contribution in [0, 0.1) is 6.92 Å². The summed E-state index contributed by atoms with van der Waals surface area (Å²) in [5, 5.41) is 4.55. The maximum Gasteiger partial charge on any atom is 0.411 e. The lowest BCUT2D eigenvalue weighted by Crippen LogP contribution is -2.15. The minimum Gasteiger partial charge on any atom is -0.488 e. The Morgan fingerprint density at radius 3 is 2.73 bits per heavy atom. The quantitative estimate of drug-likeness (QED) is 0.245. The first-order chi connectivity index (χ1) is 19.5. The van der Waals surface area contributed by atoms with Crippen LogP contribution >= 0.6 is 0 Å². The number of aromatic nitrogens is 2. The largest absolute Gasteiger partial charge is 0.488 e. The Morgan fingerprint density at radius 1 is 1.10 bits per heavy atom. The van der Waals surface area contributed by atoms with Crippen molar-refractivity contribution in [3.8, 4) is 16.9 Å². The van der Waals surface area contributed by atoms with Gasteiger partial charge in [0.1, 0.15) is 18.5 Å². The molecule has 0 saturated carbocycles. The van der Waals surface area contributed by atoms with Crippen LogP contribution in [-0.2, 0) is 16.1 Å². The summed E-state index contributed by atoms with van der Waals surface area (Å²) in [5.74, 6) is 0.0806. The molecule has 0 radical (unpaired) electrons. The molecule has 1 atom stereocenters. The van der Waals surface area contributed by atoms with Crippen molar-refractivity contribution in [1.82, 2.24) is 9.97 Å². The number of nitrogens with one attached hydrogen (secondary N) is 2. The number of nitrogens with zero attached hydrogens (tertiary/aromatic N) is 1. The van der Waals surface area contributed by atoms with Crippen molar-refractivity contribution in [2.45, 2.75) is 26.1 Å². The first-order valence-corrected chi connectivity index (χ1v) is 13.0. The normalized spacial score (nSPS) is 14.9. The fourth-order valence-electron chi connectivity index (χ4n) is 5.09. The molecule has 9 heteroatoms. The average Bonchev–Trinajstić information content (AvgIpc) is 3.61. The number of aromatic amines is 1. The van der Waals surface area contributed by atoms with E-state index in [9.17, 15) is 9.59 Å². The molecular weight excluding hydrogens is 508 g/mol. The van der Waals surface area contributed by atoms with E-state index in [0.29, 0.717) is 30.2 Å². The summed E-state index contributed by atoms with van der Waals surface area (Å²) in [5.41, 5.74) is 11.1. The summed E-state index contributed by atoms with van der Waals surface area (Å²) < 4.78 is 16.9. The molecule has 9 nitrogen and oxygen atoms in total. The number of benzene rings is 3. The number of rotatable bonds is 7. The zero-order chi connectivity index (χ0) is 27.6. The fraction of sp³-hybridized carbons (Fsp3) is 0.194. The predicted molar refractivity (Wildman–Crippen MR) is 152 cm³/mol. The second-order valence-corrected chi connectivity index (χ2v) is 9.74. The van der Waals surface area contributed by atoms with E-state index in [4.69, 9.17) is 19.9 Å². The summed E-state index contributed by atoms with van der Waals surface area (Å²) in [4.78, 5) is 32.6. The molecule has 5 aromatic rings. The zero-order valence-corrected chi connectivity index (χ0v) is 21.9. The number of hydrogen-bond donors (Lipinski definition) is 3. The Labute approximate surface area is 230 Å². The van der Waals surface area contributed by atoms with Crippen molar-refractivity contribution in [2.24, 2.45) is 5.73 Å². The van der Waals surface area contributed by atoms with Crippen molar-refractivity contribution < 1.29 is 23.8 Å². The van der Waals surface area contributed by atoms with Gasteiger partial charge in [0.05, 0.1) is 24.2 Å². The van der Waals surface area contributed by atoms with E-state index in [1.165, 1.54) is 0 Å². The summed E-state index contributed by atoms with van der Waals surface area (Å²) in [7, 11) is 0. The second-order valence-electron chi connectivity index (χ2n) is 9.74. The standard InChI is InChI=1S/C31H28N4O5/c1-18-22(8-5-9-25(18)35-31(37)39-16-19-6-3-2-4-7-19)24-15-33-29(30(32)36)28-27(24)23-11-10-20(14-26(23)34-28)40-21-12-13-38-17-21/h2-11,14-15,21,34H,12-13,16-17H2,1H3,(H2,32,36)(H,35,37). The SMILES string of the molecule is Cc1c(NC(=O)OCc2ccccc2)cccc1-c1cnc(C(N)=O)c2[nH]c3cc(OC4CCOC4)ccc3c12. The molecule has 202 valence electrons. The molecule has 1 aliphatic rings. The molecule has 3 aromatic carbocycles. The minimum absolute atomic E-state index is 0.0116. The van der Waals surface area contributed by atoms with Crippen LogP contribution in [0.3, 0.4) is 0 Å². The van der Waals surface area contributed by atoms with Crippen LogP contribution in [0.2, 0.25) is 0 Å². The van der Waals surface area contributed by atoms with Crippen molar-refractivity contribution in [3.05, 3.63) is 89.7 Å². The van der Waals surface area contributed by atoms with Crippen molar-refractivity contribution in [1.29, 1.82) is 0 Å². The molecule has 0 bridgehead atoms. The van der Waals surface area contributed by atoms with Crippen molar-refractivity contribution >= 4 is 39.5 Å². The maximum absolute atomic E-state index is 12.6. The molecule has 1 aliphatic heterocycles. The number of nitrogens with two attached hydrogens (primary N) is 1. The molecule has 1 saturated heterocycles. The summed E-state index contributed by atoms with van der Waals surface area (Å²) >= 11 is 0. The Kier molecular flexibility index (Phi) is 6.79. The summed E-state index contributed by atoms with van der Waals surface area (Å²) in [6.45, 7) is 3.34. The molecule has 6 rings (SSSR count). The Morgan fingerprint density at radius 2 is 1.95 bits per heavy atom. The van der Waals surface area contributed by atoms with Gasteiger partial charge in [0.15, 0.2) is 5.69 Å². The van der Waals surface area contributed by atoms with Crippen LogP contribution in [0.1, 0.15) is 28.0 Å². The van der Waals surface area contributed by atoms with E-state index >= 15 is 0 Å². The highest BCUT2D eigenvalue weighted by atomic mass is 16.6. The zero-order valence-electron chi connectivity index (χ0n) is 21.9. The van der Waals surface area contributed by atoms with Gasteiger partial charge in [0, 0.05) is 40.7 Å². The summed E-state index contributed by atoms with van der Waals surface area (Å²) in [6, 6.07) is 20.9. The van der Waals surface area contributed by atoms with Gasteiger partial charge in [-0.2, -0.15) is 0 Å². The first-order valence-electron chi connectivity index (χ1n) is 13.0.